The highest BCUT2D eigenvalue weighted by molar-refractivity contribution is 5.91. The maximum atomic E-state index is 12.7. The minimum Gasteiger partial charge on any atom is -0.459 e. The van der Waals surface area contributed by atoms with Crippen molar-refractivity contribution in [1.82, 2.24) is 9.88 Å². The van der Waals surface area contributed by atoms with E-state index in [4.69, 9.17) is 14.1 Å². The summed E-state index contributed by atoms with van der Waals surface area (Å²) in [5, 5.41) is 9.93. The lowest BCUT2D eigenvalue weighted by Crippen LogP contribution is -2.54. The number of anilines is 1. The lowest BCUT2D eigenvalue weighted by Gasteiger charge is -2.41. The molecule has 2 aliphatic rings. The lowest BCUT2D eigenvalue weighted by atomic mass is 9.92. The van der Waals surface area contributed by atoms with Crippen molar-refractivity contribution < 1.29 is 13.9 Å². The van der Waals surface area contributed by atoms with Gasteiger partial charge in [-0.15, -0.1) is 0 Å². The third-order valence-corrected chi connectivity index (χ3v) is 5.75. The number of piperazine rings is 1. The molecule has 4 heterocycles. The summed E-state index contributed by atoms with van der Waals surface area (Å²) in [6, 6.07) is 5.80. The first-order valence-electron chi connectivity index (χ1n) is 10.1. The maximum Gasteiger partial charge on any atom is 0.289 e. The van der Waals surface area contributed by atoms with E-state index in [0.29, 0.717) is 44.2 Å². The van der Waals surface area contributed by atoms with Crippen LogP contribution in [0, 0.1) is 11.3 Å². The van der Waals surface area contributed by atoms with Crippen molar-refractivity contribution in [3.05, 3.63) is 46.5 Å². The van der Waals surface area contributed by atoms with Gasteiger partial charge in [-0.25, -0.2) is 4.98 Å². The summed E-state index contributed by atoms with van der Waals surface area (Å²) in [6.07, 6.45) is 2.25. The molecule has 152 valence electrons. The molecule has 2 aromatic heterocycles. The molecule has 2 aromatic rings. The van der Waals surface area contributed by atoms with Crippen molar-refractivity contribution >= 4 is 11.7 Å². The largest absolute Gasteiger partial charge is 0.459 e. The zero-order valence-electron chi connectivity index (χ0n) is 17.1. The van der Waals surface area contributed by atoms with E-state index in [2.05, 4.69) is 24.8 Å². The molecule has 4 rings (SSSR count). The number of hydrogen-bond acceptors (Lipinski definition) is 6. The van der Waals surface area contributed by atoms with E-state index in [0.717, 1.165) is 29.1 Å². The predicted molar refractivity (Wildman–Crippen MR) is 108 cm³/mol. The van der Waals surface area contributed by atoms with Crippen molar-refractivity contribution in [2.45, 2.75) is 45.8 Å². The summed E-state index contributed by atoms with van der Waals surface area (Å²) < 4.78 is 10.9. The van der Waals surface area contributed by atoms with Crippen LogP contribution >= 0.6 is 0 Å². The fourth-order valence-corrected chi connectivity index (χ4v) is 4.28. The van der Waals surface area contributed by atoms with Gasteiger partial charge in [0.1, 0.15) is 11.9 Å². The molecule has 0 radical (unpaired) electrons. The number of hydrogen-bond donors (Lipinski definition) is 0. The minimum absolute atomic E-state index is 0.0171. The van der Waals surface area contributed by atoms with Crippen LogP contribution < -0.4 is 4.90 Å². The van der Waals surface area contributed by atoms with Gasteiger partial charge in [-0.2, -0.15) is 5.26 Å². The minimum atomic E-state index is -0.0962. The second-order valence-electron chi connectivity index (χ2n) is 7.99. The molecule has 7 nitrogen and oxygen atoms in total. The lowest BCUT2D eigenvalue weighted by molar-refractivity contribution is 0.0641. The zero-order chi connectivity index (χ0) is 20.5. The molecule has 1 amide bonds. The van der Waals surface area contributed by atoms with Crippen molar-refractivity contribution in [3.63, 3.8) is 0 Å². The second-order valence-corrected chi connectivity index (χ2v) is 7.99. The fraction of sp³-hybridized carbons (Fsp3) is 0.500. The molecule has 0 N–H and O–H groups in total. The van der Waals surface area contributed by atoms with Gasteiger partial charge in [-0.3, -0.25) is 4.79 Å². The van der Waals surface area contributed by atoms with E-state index < -0.39 is 0 Å². The quantitative estimate of drug-likeness (QED) is 0.796. The molecule has 0 unspecified atom stereocenters. The van der Waals surface area contributed by atoms with E-state index in [-0.39, 0.29) is 17.9 Å². The number of aromatic nitrogens is 1. The summed E-state index contributed by atoms with van der Waals surface area (Å²) in [4.78, 5) is 21.6. The molecule has 0 aromatic carbocycles. The Hall–Kier alpha value is -2.85. The third-order valence-electron chi connectivity index (χ3n) is 5.75. The summed E-state index contributed by atoms with van der Waals surface area (Å²) in [6.45, 7) is 9.23. The average molecular weight is 394 g/mol. The van der Waals surface area contributed by atoms with Crippen LogP contribution in [0.2, 0.25) is 0 Å². The Labute approximate surface area is 170 Å². The third kappa shape index (κ3) is 3.49. The molecule has 2 aliphatic heterocycles. The first-order chi connectivity index (χ1) is 14.0. The van der Waals surface area contributed by atoms with Crippen LogP contribution in [0.3, 0.4) is 0 Å². The van der Waals surface area contributed by atoms with Crippen LogP contribution in [0.25, 0.3) is 0 Å². The summed E-state index contributed by atoms with van der Waals surface area (Å²) in [7, 11) is 0. The van der Waals surface area contributed by atoms with Crippen LogP contribution in [-0.2, 0) is 17.8 Å². The van der Waals surface area contributed by atoms with Gasteiger partial charge in [0.2, 0.25) is 0 Å². The van der Waals surface area contributed by atoms with Crippen molar-refractivity contribution in [2.24, 2.45) is 0 Å². The number of rotatable bonds is 3. The molecule has 0 aliphatic carbocycles. The van der Waals surface area contributed by atoms with Crippen molar-refractivity contribution in [2.75, 3.05) is 31.1 Å². The van der Waals surface area contributed by atoms with Gasteiger partial charge in [0.05, 0.1) is 30.7 Å². The van der Waals surface area contributed by atoms with Gasteiger partial charge < -0.3 is 19.0 Å². The van der Waals surface area contributed by atoms with Gasteiger partial charge in [0.25, 0.3) is 5.91 Å². The number of nitriles is 1. The summed E-state index contributed by atoms with van der Waals surface area (Å²) >= 11 is 0. The number of ether oxygens (including phenoxy) is 1. The Morgan fingerprint density at radius 3 is 2.83 bits per heavy atom. The van der Waals surface area contributed by atoms with Crippen molar-refractivity contribution in [1.29, 1.82) is 5.26 Å². The highest BCUT2D eigenvalue weighted by atomic mass is 16.5. The van der Waals surface area contributed by atoms with E-state index >= 15 is 0 Å². The monoisotopic (exact) mass is 394 g/mol. The first kappa shape index (κ1) is 19.5. The molecular formula is C22H26N4O3. The number of nitrogens with zero attached hydrogens (tertiary/aromatic N) is 4. The zero-order valence-corrected chi connectivity index (χ0v) is 17.1. The highest BCUT2D eigenvalue weighted by Gasteiger charge is 2.33. The normalized spacial score (nSPS) is 19.2. The van der Waals surface area contributed by atoms with Crippen LogP contribution in [-0.4, -0.2) is 48.1 Å². The van der Waals surface area contributed by atoms with E-state index in [1.165, 1.54) is 6.26 Å². The van der Waals surface area contributed by atoms with Gasteiger partial charge in [-0.1, -0.05) is 13.8 Å². The fourth-order valence-electron chi connectivity index (χ4n) is 4.28. The molecule has 29 heavy (non-hydrogen) atoms. The van der Waals surface area contributed by atoms with Gasteiger partial charge in [0.15, 0.2) is 5.76 Å². The average Bonchev–Trinajstić information content (AvgIpc) is 3.26. The molecule has 1 fully saturated rings. The first-order valence-corrected chi connectivity index (χ1v) is 10.1. The van der Waals surface area contributed by atoms with Crippen LogP contribution in [0.15, 0.2) is 22.8 Å². The number of furan rings is 1. The Balaban J connectivity index is 1.65. The predicted octanol–water partition coefficient (Wildman–Crippen LogP) is 3.09. The van der Waals surface area contributed by atoms with E-state index in [1.54, 1.807) is 12.1 Å². The second kappa shape index (κ2) is 7.88. The number of carbonyl (C=O) groups is 1. The number of amides is 1. The van der Waals surface area contributed by atoms with E-state index in [1.807, 2.05) is 11.8 Å². The van der Waals surface area contributed by atoms with Crippen LogP contribution in [0.5, 0.6) is 0 Å². The molecule has 1 atom stereocenters. The number of fused-ring (bicyclic) bond motifs is 1. The topological polar surface area (TPSA) is 82.6 Å². The molecule has 7 heteroatoms. The summed E-state index contributed by atoms with van der Waals surface area (Å²) in [5.74, 6) is 1.25. The Morgan fingerprint density at radius 2 is 2.17 bits per heavy atom. The molecule has 0 bridgehead atoms. The molecular weight excluding hydrogens is 368 g/mol. The molecule has 0 spiro atoms. The SMILES string of the molecule is CC(C)c1nc(N2CCN(C(=O)c3ccco3)[C@H](C)C2)c(C#N)c2c1COCC2. The highest BCUT2D eigenvalue weighted by Crippen LogP contribution is 2.34. The van der Waals surface area contributed by atoms with Gasteiger partial charge in [-0.05, 0) is 37.0 Å². The number of pyridine rings is 1. The Kier molecular flexibility index (Phi) is 5.29. The smallest absolute Gasteiger partial charge is 0.289 e. The van der Waals surface area contributed by atoms with Gasteiger partial charge in [0, 0.05) is 31.2 Å². The van der Waals surface area contributed by atoms with Crippen LogP contribution in [0.4, 0.5) is 5.82 Å². The molecule has 0 saturated carbocycles. The van der Waals surface area contributed by atoms with Crippen molar-refractivity contribution in [3.8, 4) is 6.07 Å². The molecule has 1 saturated heterocycles. The summed E-state index contributed by atoms with van der Waals surface area (Å²) in [5.41, 5.74) is 3.82. The Bertz CT molecular complexity index is 946. The van der Waals surface area contributed by atoms with Crippen LogP contribution in [0.1, 0.15) is 59.6 Å². The van der Waals surface area contributed by atoms with E-state index in [9.17, 15) is 10.1 Å². The van der Waals surface area contributed by atoms with Gasteiger partial charge >= 0.3 is 0 Å². The number of carbonyl (C=O) groups excluding carboxylic acids is 1. The standard InChI is InChI=1S/C22H26N4O3/c1-14(2)20-18-13-28-10-6-16(18)17(11-23)21(24-20)25-7-8-26(15(3)12-25)22(27)19-5-4-9-29-19/h4-5,9,14-15H,6-8,10,12-13H2,1-3H3/t15-/m1/s1. The maximum absolute atomic E-state index is 12.7. The Morgan fingerprint density at radius 1 is 1.34 bits per heavy atom.